The lowest BCUT2D eigenvalue weighted by Crippen LogP contribution is -2.30. The third-order valence-electron chi connectivity index (χ3n) is 3.47. The summed E-state index contributed by atoms with van der Waals surface area (Å²) in [4.78, 5) is 4.13. The molecule has 5 nitrogen and oxygen atoms in total. The Morgan fingerprint density at radius 3 is 3.16 bits per heavy atom. The Morgan fingerprint density at radius 1 is 1.58 bits per heavy atom. The molecule has 1 fully saturated rings. The Kier molecular flexibility index (Phi) is 3.20. The third kappa shape index (κ3) is 2.46. The van der Waals surface area contributed by atoms with Crippen LogP contribution in [0.25, 0.3) is 11.4 Å². The van der Waals surface area contributed by atoms with Crippen LogP contribution in [0.2, 0.25) is 0 Å². The Hall–Kier alpha value is -1.53. The molecular weight excluding hydrogens is 260 g/mol. The van der Waals surface area contributed by atoms with Crippen LogP contribution in [0.3, 0.4) is 0 Å². The molecule has 0 amide bonds. The van der Waals surface area contributed by atoms with Gasteiger partial charge in [-0.25, -0.2) is 0 Å². The van der Waals surface area contributed by atoms with Crippen molar-refractivity contribution in [3.8, 4) is 11.4 Å². The van der Waals surface area contributed by atoms with Crippen molar-refractivity contribution in [2.45, 2.75) is 31.9 Å². The predicted molar refractivity (Wildman–Crippen MR) is 74.2 cm³/mol. The van der Waals surface area contributed by atoms with Gasteiger partial charge in [0.15, 0.2) is 10.6 Å². The molecule has 1 N–H and O–H groups in total. The maximum absolute atomic E-state index is 5.84. The highest BCUT2D eigenvalue weighted by atomic mass is 32.1. The zero-order chi connectivity index (χ0) is 13.3. The summed E-state index contributed by atoms with van der Waals surface area (Å²) in [6.45, 7) is 3.66. The van der Waals surface area contributed by atoms with E-state index in [1.807, 2.05) is 16.7 Å². The van der Waals surface area contributed by atoms with Crippen molar-refractivity contribution in [1.29, 1.82) is 0 Å². The number of aromatic nitrogens is 4. The topological polar surface area (TPSA) is 55.7 Å². The maximum Gasteiger partial charge on any atom is 0.195 e. The molecule has 1 atom stereocenters. The van der Waals surface area contributed by atoms with E-state index in [0.29, 0.717) is 11.3 Å². The van der Waals surface area contributed by atoms with E-state index in [9.17, 15) is 0 Å². The molecule has 0 aromatic carbocycles. The van der Waals surface area contributed by atoms with E-state index in [2.05, 4.69) is 22.1 Å². The number of rotatable bonds is 3. The highest BCUT2D eigenvalue weighted by Gasteiger charge is 2.31. The summed E-state index contributed by atoms with van der Waals surface area (Å²) in [7, 11) is 0. The SMILES string of the molecule is CC1(Cn2c(-c3cccnc3)n[nH]c2=S)CCCO1. The maximum atomic E-state index is 5.84. The quantitative estimate of drug-likeness (QED) is 0.875. The van der Waals surface area contributed by atoms with Gasteiger partial charge in [0.2, 0.25) is 0 Å². The van der Waals surface area contributed by atoms with Gasteiger partial charge in [-0.05, 0) is 44.1 Å². The van der Waals surface area contributed by atoms with Crippen LogP contribution >= 0.6 is 12.2 Å². The van der Waals surface area contributed by atoms with Crippen molar-refractivity contribution in [2.75, 3.05) is 6.61 Å². The minimum absolute atomic E-state index is 0.154. The Labute approximate surface area is 116 Å². The van der Waals surface area contributed by atoms with E-state index in [1.165, 1.54) is 0 Å². The lowest BCUT2D eigenvalue weighted by molar-refractivity contribution is 0.00622. The van der Waals surface area contributed by atoms with Gasteiger partial charge >= 0.3 is 0 Å². The molecule has 1 aliphatic heterocycles. The first-order valence-electron chi connectivity index (χ1n) is 6.38. The normalized spacial score (nSPS) is 22.8. The fourth-order valence-electron chi connectivity index (χ4n) is 2.48. The van der Waals surface area contributed by atoms with Crippen molar-refractivity contribution in [3.05, 3.63) is 29.3 Å². The number of hydrogen-bond acceptors (Lipinski definition) is 4. The summed E-state index contributed by atoms with van der Waals surface area (Å²) in [5.74, 6) is 0.815. The molecule has 1 saturated heterocycles. The van der Waals surface area contributed by atoms with E-state index in [4.69, 9.17) is 17.0 Å². The van der Waals surface area contributed by atoms with Crippen LogP contribution in [0, 0.1) is 4.77 Å². The molecule has 0 saturated carbocycles. The average Bonchev–Trinajstić information content (AvgIpc) is 2.99. The molecule has 100 valence electrons. The van der Waals surface area contributed by atoms with Crippen LogP contribution < -0.4 is 0 Å². The van der Waals surface area contributed by atoms with Crippen molar-refractivity contribution < 1.29 is 4.74 Å². The van der Waals surface area contributed by atoms with Crippen LogP contribution in [-0.2, 0) is 11.3 Å². The molecule has 3 rings (SSSR count). The molecule has 2 aromatic rings. The van der Waals surface area contributed by atoms with Gasteiger partial charge in [0.05, 0.1) is 12.1 Å². The van der Waals surface area contributed by atoms with Gasteiger partial charge in [-0.1, -0.05) is 0 Å². The molecule has 6 heteroatoms. The van der Waals surface area contributed by atoms with Crippen LogP contribution in [0.15, 0.2) is 24.5 Å². The molecule has 1 unspecified atom stereocenters. The van der Waals surface area contributed by atoms with Crippen molar-refractivity contribution >= 4 is 12.2 Å². The van der Waals surface area contributed by atoms with Crippen LogP contribution in [0.1, 0.15) is 19.8 Å². The number of nitrogens with zero attached hydrogens (tertiary/aromatic N) is 3. The van der Waals surface area contributed by atoms with Crippen LogP contribution in [-0.4, -0.2) is 32.0 Å². The molecule has 0 aliphatic carbocycles. The number of aromatic amines is 1. The molecule has 19 heavy (non-hydrogen) atoms. The first-order chi connectivity index (χ1) is 9.18. The van der Waals surface area contributed by atoms with Gasteiger partial charge in [0.1, 0.15) is 0 Å². The van der Waals surface area contributed by atoms with Crippen molar-refractivity contribution in [1.82, 2.24) is 19.7 Å². The lowest BCUT2D eigenvalue weighted by atomic mass is 10.0. The second kappa shape index (κ2) is 4.86. The van der Waals surface area contributed by atoms with Gasteiger partial charge in [0, 0.05) is 24.6 Å². The van der Waals surface area contributed by atoms with E-state index >= 15 is 0 Å². The van der Waals surface area contributed by atoms with Gasteiger partial charge < -0.3 is 4.74 Å². The van der Waals surface area contributed by atoms with Gasteiger partial charge in [-0.15, -0.1) is 0 Å². The Morgan fingerprint density at radius 2 is 2.47 bits per heavy atom. The number of nitrogens with one attached hydrogen (secondary N) is 1. The molecule has 0 bridgehead atoms. The summed E-state index contributed by atoms with van der Waals surface area (Å²) in [6.07, 6.45) is 5.69. The number of hydrogen-bond donors (Lipinski definition) is 1. The standard InChI is InChI=1S/C13H16N4OS/c1-13(5-3-7-18-13)9-17-11(15-16-12(17)19)10-4-2-6-14-8-10/h2,4,6,8H,3,5,7,9H2,1H3,(H,16,19). The second-order valence-electron chi connectivity index (χ2n) is 5.08. The first-order valence-corrected chi connectivity index (χ1v) is 6.78. The number of ether oxygens (including phenoxy) is 1. The van der Waals surface area contributed by atoms with Gasteiger partial charge in [-0.3, -0.25) is 14.6 Å². The molecule has 0 spiro atoms. The smallest absolute Gasteiger partial charge is 0.195 e. The lowest BCUT2D eigenvalue weighted by Gasteiger charge is -2.24. The second-order valence-corrected chi connectivity index (χ2v) is 5.47. The van der Waals surface area contributed by atoms with E-state index in [0.717, 1.165) is 30.8 Å². The number of H-pyrrole nitrogens is 1. The fourth-order valence-corrected chi connectivity index (χ4v) is 2.67. The first kappa shape index (κ1) is 12.5. The molecule has 1 aliphatic rings. The van der Waals surface area contributed by atoms with Gasteiger partial charge in [0.25, 0.3) is 0 Å². The summed E-state index contributed by atoms with van der Waals surface area (Å²) >= 11 is 5.33. The highest BCUT2D eigenvalue weighted by molar-refractivity contribution is 7.71. The molecular formula is C13H16N4OS. The zero-order valence-electron chi connectivity index (χ0n) is 10.8. The Bertz CT molecular complexity index is 613. The largest absolute Gasteiger partial charge is 0.373 e. The summed E-state index contributed by atoms with van der Waals surface area (Å²) in [5.41, 5.74) is 0.801. The highest BCUT2D eigenvalue weighted by Crippen LogP contribution is 2.28. The fraction of sp³-hybridized carbons (Fsp3) is 0.462. The van der Waals surface area contributed by atoms with E-state index in [-0.39, 0.29) is 5.60 Å². The predicted octanol–water partition coefficient (Wildman–Crippen LogP) is 2.57. The molecule has 0 radical (unpaired) electrons. The number of pyridine rings is 1. The summed E-state index contributed by atoms with van der Waals surface area (Å²) in [6, 6.07) is 3.87. The third-order valence-corrected chi connectivity index (χ3v) is 3.78. The van der Waals surface area contributed by atoms with Crippen molar-refractivity contribution in [3.63, 3.8) is 0 Å². The monoisotopic (exact) mass is 276 g/mol. The van der Waals surface area contributed by atoms with Crippen molar-refractivity contribution in [2.24, 2.45) is 0 Å². The zero-order valence-corrected chi connectivity index (χ0v) is 11.6. The van der Waals surface area contributed by atoms with Crippen LogP contribution in [0.5, 0.6) is 0 Å². The van der Waals surface area contributed by atoms with Gasteiger partial charge in [-0.2, -0.15) is 5.10 Å². The molecule has 2 aromatic heterocycles. The summed E-state index contributed by atoms with van der Waals surface area (Å²) < 4.78 is 8.45. The van der Waals surface area contributed by atoms with Crippen LogP contribution in [0.4, 0.5) is 0 Å². The minimum atomic E-state index is -0.154. The Balaban J connectivity index is 1.98. The minimum Gasteiger partial charge on any atom is -0.373 e. The van der Waals surface area contributed by atoms with E-state index in [1.54, 1.807) is 12.4 Å². The summed E-state index contributed by atoms with van der Waals surface area (Å²) in [5, 5.41) is 7.17. The molecule has 3 heterocycles. The average molecular weight is 276 g/mol. The van der Waals surface area contributed by atoms with E-state index < -0.39 is 0 Å².